The molecular formula is C22H23NO6. The summed E-state index contributed by atoms with van der Waals surface area (Å²) in [5, 5.41) is 0.796. The molecule has 0 spiro atoms. The number of hydrogen-bond acceptors (Lipinski definition) is 6. The Hall–Kier alpha value is -3.48. The first-order valence-corrected chi connectivity index (χ1v) is 9.07. The summed E-state index contributed by atoms with van der Waals surface area (Å²) in [5.74, 6) is 0.533. The Morgan fingerprint density at radius 2 is 1.66 bits per heavy atom. The highest BCUT2D eigenvalue weighted by Crippen LogP contribution is 2.38. The summed E-state index contributed by atoms with van der Waals surface area (Å²) in [6, 6.07) is 10.8. The highest BCUT2D eigenvalue weighted by Gasteiger charge is 2.23. The molecule has 0 fully saturated rings. The van der Waals surface area contributed by atoms with Crippen LogP contribution in [0.5, 0.6) is 17.2 Å². The summed E-state index contributed by atoms with van der Waals surface area (Å²) in [5.41, 5.74) is 1.97. The second-order valence-corrected chi connectivity index (χ2v) is 6.45. The molecule has 29 heavy (non-hydrogen) atoms. The second kappa shape index (κ2) is 8.68. The van der Waals surface area contributed by atoms with Gasteiger partial charge in [-0.3, -0.25) is 9.59 Å². The van der Waals surface area contributed by atoms with Gasteiger partial charge in [-0.2, -0.15) is 0 Å². The predicted octanol–water partition coefficient (Wildman–Crippen LogP) is 3.55. The number of nitrogens with one attached hydrogen (secondary N) is 1. The molecule has 1 N–H and O–H groups in total. The van der Waals surface area contributed by atoms with Crippen molar-refractivity contribution in [3.05, 3.63) is 53.7 Å². The Balaban J connectivity index is 1.72. The topological polar surface area (TPSA) is 86.9 Å². The number of aromatic nitrogens is 1. The molecule has 1 heterocycles. The van der Waals surface area contributed by atoms with Crippen LogP contribution in [0.15, 0.2) is 42.6 Å². The standard InChI is InChI=1S/C22H23NO6/c1-13(21(25)16-12-23-17-8-6-5-7-15(16)17)29-20(24)11-14-9-18(26-2)22(28-4)19(10-14)27-3/h5-10,12-13,23H,11H2,1-4H3/t13-/m0/s1. The van der Waals surface area contributed by atoms with Crippen molar-refractivity contribution >= 4 is 22.7 Å². The first kappa shape index (κ1) is 20.3. The number of ketones is 1. The van der Waals surface area contributed by atoms with Gasteiger partial charge in [-0.15, -0.1) is 0 Å². The minimum absolute atomic E-state index is 0.0395. The molecule has 152 valence electrons. The summed E-state index contributed by atoms with van der Waals surface area (Å²) in [7, 11) is 4.51. The van der Waals surface area contributed by atoms with Crippen molar-refractivity contribution < 1.29 is 28.5 Å². The minimum atomic E-state index is -0.913. The lowest BCUT2D eigenvalue weighted by molar-refractivity contribution is -0.145. The SMILES string of the molecule is COc1cc(CC(=O)O[C@@H](C)C(=O)c2c[nH]c3ccccc23)cc(OC)c1OC. The van der Waals surface area contributed by atoms with E-state index in [0.29, 0.717) is 28.4 Å². The number of esters is 1. The molecule has 0 radical (unpaired) electrons. The molecule has 0 aliphatic carbocycles. The average molecular weight is 397 g/mol. The number of aromatic amines is 1. The number of carbonyl (C=O) groups excluding carboxylic acids is 2. The maximum Gasteiger partial charge on any atom is 0.310 e. The lowest BCUT2D eigenvalue weighted by atomic mass is 10.1. The van der Waals surface area contributed by atoms with Crippen LogP contribution in [0.1, 0.15) is 22.8 Å². The number of hydrogen-bond donors (Lipinski definition) is 1. The van der Waals surface area contributed by atoms with Crippen LogP contribution in [-0.4, -0.2) is 44.2 Å². The molecule has 3 rings (SSSR count). The van der Waals surface area contributed by atoms with Gasteiger partial charge in [0.25, 0.3) is 0 Å². The molecule has 1 atom stereocenters. The first-order valence-electron chi connectivity index (χ1n) is 9.07. The lowest BCUT2D eigenvalue weighted by Gasteiger charge is -2.15. The fraction of sp³-hybridized carbons (Fsp3) is 0.273. The molecule has 7 nitrogen and oxygen atoms in total. The van der Waals surface area contributed by atoms with Crippen molar-refractivity contribution in [3.63, 3.8) is 0 Å². The number of ether oxygens (including phenoxy) is 4. The maximum absolute atomic E-state index is 12.7. The van der Waals surface area contributed by atoms with Crippen LogP contribution >= 0.6 is 0 Å². The van der Waals surface area contributed by atoms with E-state index in [0.717, 1.165) is 10.9 Å². The fourth-order valence-corrected chi connectivity index (χ4v) is 3.19. The van der Waals surface area contributed by atoms with Crippen LogP contribution < -0.4 is 14.2 Å². The second-order valence-electron chi connectivity index (χ2n) is 6.45. The Labute approximate surface area is 168 Å². The summed E-state index contributed by atoms with van der Waals surface area (Å²) in [6.45, 7) is 1.57. The predicted molar refractivity (Wildman–Crippen MR) is 108 cm³/mol. The van der Waals surface area contributed by atoms with Gasteiger partial charge in [0, 0.05) is 22.7 Å². The number of Topliss-reactive ketones (excluding diaryl/α,β-unsaturated/α-hetero) is 1. The number of carbonyl (C=O) groups is 2. The van der Waals surface area contributed by atoms with Gasteiger partial charge in [0.2, 0.25) is 11.5 Å². The van der Waals surface area contributed by atoms with Crippen molar-refractivity contribution in [1.82, 2.24) is 4.98 Å². The van der Waals surface area contributed by atoms with Crippen LogP contribution in [0.25, 0.3) is 10.9 Å². The number of H-pyrrole nitrogens is 1. The van der Waals surface area contributed by atoms with E-state index in [1.54, 1.807) is 25.3 Å². The van der Waals surface area contributed by atoms with E-state index in [4.69, 9.17) is 18.9 Å². The summed E-state index contributed by atoms with van der Waals surface area (Å²) < 4.78 is 21.2. The molecule has 0 saturated heterocycles. The minimum Gasteiger partial charge on any atom is -0.493 e. The quantitative estimate of drug-likeness (QED) is 0.462. The van der Waals surface area contributed by atoms with Gasteiger partial charge in [0.1, 0.15) is 0 Å². The number of methoxy groups -OCH3 is 3. The van der Waals surface area contributed by atoms with E-state index in [1.807, 2.05) is 24.3 Å². The van der Waals surface area contributed by atoms with Crippen molar-refractivity contribution in [3.8, 4) is 17.2 Å². The Morgan fingerprint density at radius 3 is 2.28 bits per heavy atom. The lowest BCUT2D eigenvalue weighted by Crippen LogP contribution is -2.25. The molecule has 0 bridgehead atoms. The van der Waals surface area contributed by atoms with Crippen molar-refractivity contribution in [2.75, 3.05) is 21.3 Å². The number of fused-ring (bicyclic) bond motifs is 1. The van der Waals surface area contributed by atoms with E-state index < -0.39 is 12.1 Å². The van der Waals surface area contributed by atoms with Gasteiger partial charge < -0.3 is 23.9 Å². The molecule has 0 unspecified atom stereocenters. The maximum atomic E-state index is 12.7. The highest BCUT2D eigenvalue weighted by molar-refractivity contribution is 6.10. The third-order valence-electron chi connectivity index (χ3n) is 4.61. The van der Waals surface area contributed by atoms with Crippen LogP contribution in [0, 0.1) is 0 Å². The summed E-state index contributed by atoms with van der Waals surface area (Å²) in [6.07, 6.45) is 0.683. The zero-order valence-electron chi connectivity index (χ0n) is 16.8. The van der Waals surface area contributed by atoms with Gasteiger partial charge in [0.05, 0.1) is 27.8 Å². The molecule has 1 aromatic heterocycles. The van der Waals surface area contributed by atoms with E-state index in [2.05, 4.69) is 4.98 Å². The molecule has 0 aliphatic rings. The summed E-state index contributed by atoms with van der Waals surface area (Å²) in [4.78, 5) is 28.2. The molecule has 3 aromatic rings. The highest BCUT2D eigenvalue weighted by atomic mass is 16.5. The van der Waals surface area contributed by atoms with Crippen LogP contribution in [0.3, 0.4) is 0 Å². The van der Waals surface area contributed by atoms with Gasteiger partial charge in [-0.05, 0) is 30.7 Å². The largest absolute Gasteiger partial charge is 0.493 e. The van der Waals surface area contributed by atoms with E-state index >= 15 is 0 Å². The molecule has 0 aliphatic heterocycles. The van der Waals surface area contributed by atoms with E-state index in [-0.39, 0.29) is 12.2 Å². The van der Waals surface area contributed by atoms with Crippen LogP contribution in [0.2, 0.25) is 0 Å². The van der Waals surface area contributed by atoms with Crippen LogP contribution in [0.4, 0.5) is 0 Å². The normalized spacial score (nSPS) is 11.7. The van der Waals surface area contributed by atoms with Gasteiger partial charge in [-0.1, -0.05) is 18.2 Å². The van der Waals surface area contributed by atoms with E-state index in [9.17, 15) is 9.59 Å². The zero-order valence-corrected chi connectivity index (χ0v) is 16.8. The van der Waals surface area contributed by atoms with Crippen molar-refractivity contribution in [1.29, 1.82) is 0 Å². The Bertz CT molecular complexity index is 1010. The molecule has 2 aromatic carbocycles. The van der Waals surface area contributed by atoms with Gasteiger partial charge in [-0.25, -0.2) is 0 Å². The zero-order chi connectivity index (χ0) is 21.0. The Morgan fingerprint density at radius 1 is 1.00 bits per heavy atom. The number of rotatable bonds is 8. The molecule has 0 amide bonds. The fourth-order valence-electron chi connectivity index (χ4n) is 3.19. The van der Waals surface area contributed by atoms with Crippen molar-refractivity contribution in [2.24, 2.45) is 0 Å². The first-order chi connectivity index (χ1) is 14.0. The smallest absolute Gasteiger partial charge is 0.310 e. The monoisotopic (exact) mass is 397 g/mol. The third kappa shape index (κ3) is 4.18. The molecular weight excluding hydrogens is 374 g/mol. The van der Waals surface area contributed by atoms with Gasteiger partial charge >= 0.3 is 5.97 Å². The number of para-hydroxylation sites is 1. The number of benzene rings is 2. The Kier molecular flexibility index (Phi) is 6.07. The average Bonchev–Trinajstić information content (AvgIpc) is 3.16. The summed E-state index contributed by atoms with van der Waals surface area (Å²) >= 11 is 0. The third-order valence-corrected chi connectivity index (χ3v) is 4.61. The molecule has 7 heteroatoms. The van der Waals surface area contributed by atoms with E-state index in [1.165, 1.54) is 21.3 Å². The van der Waals surface area contributed by atoms with Crippen molar-refractivity contribution in [2.45, 2.75) is 19.4 Å². The van der Waals surface area contributed by atoms with Gasteiger partial charge in [0.15, 0.2) is 17.6 Å². The van der Waals surface area contributed by atoms with Crippen LogP contribution in [-0.2, 0) is 16.0 Å². The molecule has 0 saturated carbocycles.